The molecule has 144 valence electrons. The number of halogens is 3. The number of rotatable bonds is 6. The first-order valence-electron chi connectivity index (χ1n) is 8.59. The lowest BCUT2D eigenvalue weighted by Gasteiger charge is -2.32. The molecule has 0 fully saturated rings. The molecule has 1 atom stereocenters. The van der Waals surface area contributed by atoms with Gasteiger partial charge in [-0.25, -0.2) is 0 Å². The highest BCUT2D eigenvalue weighted by molar-refractivity contribution is 7.12. The number of hydrazone groups is 1. The number of hydrogen-bond acceptors (Lipinski definition) is 4. The maximum Gasteiger partial charge on any atom is 0.438 e. The van der Waals surface area contributed by atoms with Crippen LogP contribution in [0.3, 0.4) is 0 Å². The van der Waals surface area contributed by atoms with Gasteiger partial charge in [0, 0.05) is 6.42 Å². The molecule has 1 amide bonds. The molecule has 27 heavy (non-hydrogen) atoms. The van der Waals surface area contributed by atoms with Crippen LogP contribution in [0.2, 0.25) is 0 Å². The quantitative estimate of drug-likeness (QED) is 0.738. The van der Waals surface area contributed by atoms with Crippen molar-refractivity contribution in [2.75, 3.05) is 0 Å². The van der Waals surface area contributed by atoms with Gasteiger partial charge in [-0.15, -0.1) is 11.3 Å². The fourth-order valence-corrected chi connectivity index (χ4v) is 3.67. The molecule has 0 saturated heterocycles. The van der Waals surface area contributed by atoms with Crippen molar-refractivity contribution in [2.24, 2.45) is 5.10 Å². The summed E-state index contributed by atoms with van der Waals surface area (Å²) in [5.41, 5.74) is -2.11. The lowest BCUT2D eigenvalue weighted by molar-refractivity contribution is -0.302. The molecule has 0 bridgehead atoms. The molecule has 1 unspecified atom stereocenters. The Hall–Kier alpha value is -2.19. The Morgan fingerprint density at radius 2 is 1.93 bits per heavy atom. The fraction of sp³-hybridized carbons (Fsp3) is 0.368. The molecular formula is C19H19F3N2O2S. The van der Waals surface area contributed by atoms with Gasteiger partial charge in [0.05, 0.1) is 17.0 Å². The third kappa shape index (κ3) is 4.22. The van der Waals surface area contributed by atoms with E-state index in [1.807, 2.05) is 30.3 Å². The van der Waals surface area contributed by atoms with Crippen LogP contribution in [0.5, 0.6) is 0 Å². The Bertz CT molecular complexity index is 806. The molecule has 1 aliphatic heterocycles. The number of amides is 1. The molecule has 4 nitrogen and oxygen atoms in total. The Balaban J connectivity index is 1.66. The molecule has 2 aromatic rings. The van der Waals surface area contributed by atoms with Crippen molar-refractivity contribution in [1.82, 2.24) is 5.01 Å². The summed E-state index contributed by atoms with van der Waals surface area (Å²) in [6.07, 6.45) is -4.03. The third-order valence-corrected chi connectivity index (χ3v) is 5.35. The third-order valence-electron chi connectivity index (χ3n) is 4.43. The van der Waals surface area contributed by atoms with E-state index in [0.29, 0.717) is 17.7 Å². The number of aryl methyl sites for hydroxylation is 1. The highest BCUT2D eigenvalue weighted by Gasteiger charge is 2.63. The van der Waals surface area contributed by atoms with E-state index in [0.717, 1.165) is 12.0 Å². The molecular weight excluding hydrogens is 377 g/mol. The second kappa shape index (κ2) is 7.82. The summed E-state index contributed by atoms with van der Waals surface area (Å²) in [7, 11) is 0. The van der Waals surface area contributed by atoms with Gasteiger partial charge in [0.15, 0.2) is 0 Å². The second-order valence-corrected chi connectivity index (χ2v) is 7.36. The summed E-state index contributed by atoms with van der Waals surface area (Å²) in [5, 5.41) is 16.0. The SMILES string of the molecule is O=C(CCCCc1ccccc1)N1N=C(c2cccs2)CC1(O)C(F)(F)F. The van der Waals surface area contributed by atoms with Crippen molar-refractivity contribution < 1.29 is 23.1 Å². The zero-order chi connectivity index (χ0) is 19.5. The lowest BCUT2D eigenvalue weighted by atomic mass is 10.0. The van der Waals surface area contributed by atoms with Crippen LogP contribution < -0.4 is 0 Å². The first kappa shape index (κ1) is 19.6. The van der Waals surface area contributed by atoms with E-state index in [4.69, 9.17) is 0 Å². The van der Waals surface area contributed by atoms with Crippen LogP contribution in [-0.2, 0) is 11.2 Å². The van der Waals surface area contributed by atoms with E-state index in [9.17, 15) is 23.1 Å². The number of hydrogen-bond donors (Lipinski definition) is 1. The molecule has 1 aromatic carbocycles. The number of thiophene rings is 1. The van der Waals surface area contributed by atoms with Gasteiger partial charge in [-0.3, -0.25) is 4.79 Å². The maximum absolute atomic E-state index is 13.5. The highest BCUT2D eigenvalue weighted by Crippen LogP contribution is 2.42. The van der Waals surface area contributed by atoms with Crippen LogP contribution >= 0.6 is 11.3 Å². The van der Waals surface area contributed by atoms with Crippen LogP contribution in [-0.4, -0.2) is 33.6 Å². The van der Waals surface area contributed by atoms with Gasteiger partial charge >= 0.3 is 6.18 Å². The monoisotopic (exact) mass is 396 g/mol. The topological polar surface area (TPSA) is 52.9 Å². The van der Waals surface area contributed by atoms with Crippen molar-refractivity contribution in [1.29, 1.82) is 0 Å². The van der Waals surface area contributed by atoms with Crippen molar-refractivity contribution in [3.8, 4) is 0 Å². The minimum Gasteiger partial charge on any atom is -0.362 e. The molecule has 1 aliphatic rings. The normalized spacial score (nSPS) is 20.0. The molecule has 1 aromatic heterocycles. The number of benzene rings is 1. The second-order valence-electron chi connectivity index (χ2n) is 6.41. The van der Waals surface area contributed by atoms with Crippen molar-refractivity contribution in [3.05, 3.63) is 58.3 Å². The summed E-state index contributed by atoms with van der Waals surface area (Å²) < 4.78 is 40.4. The van der Waals surface area contributed by atoms with Crippen molar-refractivity contribution in [2.45, 2.75) is 44.0 Å². The Labute approximate surface area is 158 Å². The van der Waals surface area contributed by atoms with Crippen LogP contribution in [0.1, 0.15) is 36.1 Å². The lowest BCUT2D eigenvalue weighted by Crippen LogP contribution is -2.56. The number of nitrogens with zero attached hydrogens (tertiary/aromatic N) is 2. The van der Waals surface area contributed by atoms with Gasteiger partial charge in [-0.2, -0.15) is 23.3 Å². The van der Waals surface area contributed by atoms with Gasteiger partial charge in [-0.1, -0.05) is 36.4 Å². The molecule has 0 spiro atoms. The standard InChI is InChI=1S/C19H19F3N2O2S/c20-19(21,22)18(26)13-15(16-10-6-12-27-16)23-24(18)17(25)11-5-4-9-14-7-2-1-3-8-14/h1-3,6-8,10,12,26H,4-5,9,11,13H2. The first-order valence-corrected chi connectivity index (χ1v) is 9.47. The van der Waals surface area contributed by atoms with Crippen LogP contribution in [0.4, 0.5) is 13.2 Å². The minimum absolute atomic E-state index is 0.0717. The van der Waals surface area contributed by atoms with E-state index in [1.165, 1.54) is 11.3 Å². The number of unbranched alkanes of at least 4 members (excludes halogenated alkanes) is 1. The van der Waals surface area contributed by atoms with Gasteiger partial charge in [0.25, 0.3) is 5.72 Å². The van der Waals surface area contributed by atoms with Crippen molar-refractivity contribution >= 4 is 23.0 Å². The summed E-state index contributed by atoms with van der Waals surface area (Å²) >= 11 is 1.22. The largest absolute Gasteiger partial charge is 0.438 e. The number of alkyl halides is 3. The summed E-state index contributed by atoms with van der Waals surface area (Å²) in [6.45, 7) is 0. The maximum atomic E-state index is 13.5. The number of carbonyl (C=O) groups excluding carboxylic acids is 1. The average molecular weight is 396 g/mol. The van der Waals surface area contributed by atoms with E-state index in [2.05, 4.69) is 5.10 Å². The molecule has 1 N–H and O–H groups in total. The van der Waals surface area contributed by atoms with Crippen molar-refractivity contribution in [3.63, 3.8) is 0 Å². The molecule has 2 heterocycles. The fourth-order valence-electron chi connectivity index (χ4n) is 2.96. The average Bonchev–Trinajstić information content (AvgIpc) is 3.27. The summed E-state index contributed by atoms with van der Waals surface area (Å²) in [6, 6.07) is 13.0. The smallest absolute Gasteiger partial charge is 0.362 e. The molecule has 0 saturated carbocycles. The zero-order valence-corrected chi connectivity index (χ0v) is 15.3. The van der Waals surface area contributed by atoms with Gasteiger partial charge in [0.2, 0.25) is 5.91 Å². The van der Waals surface area contributed by atoms with E-state index in [-0.39, 0.29) is 17.1 Å². The Morgan fingerprint density at radius 1 is 1.19 bits per heavy atom. The summed E-state index contributed by atoms with van der Waals surface area (Å²) in [4.78, 5) is 12.9. The van der Waals surface area contributed by atoms with Gasteiger partial charge < -0.3 is 5.11 Å². The van der Waals surface area contributed by atoms with Crippen LogP contribution in [0.25, 0.3) is 0 Å². The molecule has 0 aliphatic carbocycles. The van der Waals surface area contributed by atoms with E-state index >= 15 is 0 Å². The van der Waals surface area contributed by atoms with Crippen LogP contribution in [0, 0.1) is 0 Å². The predicted molar refractivity (Wildman–Crippen MR) is 97.3 cm³/mol. The molecule has 3 rings (SSSR count). The summed E-state index contributed by atoms with van der Waals surface area (Å²) in [5.74, 6) is -0.825. The minimum atomic E-state index is -4.99. The predicted octanol–water partition coefficient (Wildman–Crippen LogP) is 4.35. The highest BCUT2D eigenvalue weighted by atomic mass is 32.1. The van der Waals surface area contributed by atoms with Gasteiger partial charge in [-0.05, 0) is 36.3 Å². The molecule has 8 heteroatoms. The Morgan fingerprint density at radius 3 is 2.56 bits per heavy atom. The number of carbonyl (C=O) groups is 1. The number of aliphatic hydroxyl groups is 1. The molecule has 0 radical (unpaired) electrons. The zero-order valence-electron chi connectivity index (χ0n) is 14.4. The van der Waals surface area contributed by atoms with Gasteiger partial charge in [0.1, 0.15) is 0 Å². The van der Waals surface area contributed by atoms with Crippen LogP contribution in [0.15, 0.2) is 52.9 Å². The first-order chi connectivity index (χ1) is 12.8. The van der Waals surface area contributed by atoms with E-state index < -0.39 is 24.2 Å². The van der Waals surface area contributed by atoms with E-state index in [1.54, 1.807) is 17.5 Å². The Kier molecular flexibility index (Phi) is 5.67.